The highest BCUT2D eigenvalue weighted by molar-refractivity contribution is 9.10. The van der Waals surface area contributed by atoms with Gasteiger partial charge in [-0.2, -0.15) is 0 Å². The number of carbonyl (C=O) groups excluding carboxylic acids is 1. The molecule has 1 fully saturated rings. The van der Waals surface area contributed by atoms with Crippen LogP contribution in [0.5, 0.6) is 5.75 Å². The van der Waals surface area contributed by atoms with Crippen molar-refractivity contribution in [2.45, 2.75) is 39.2 Å². The molecular weight excluding hydrogens is 346 g/mol. The molecular formula is C17H24BrNO3. The van der Waals surface area contributed by atoms with E-state index in [1.165, 1.54) is 0 Å². The van der Waals surface area contributed by atoms with Crippen LogP contribution in [0.15, 0.2) is 28.7 Å². The summed E-state index contributed by atoms with van der Waals surface area (Å²) < 4.78 is 12.3. The van der Waals surface area contributed by atoms with Gasteiger partial charge in [0, 0.05) is 17.6 Å². The molecule has 0 saturated carbocycles. The van der Waals surface area contributed by atoms with E-state index in [1.54, 1.807) is 4.90 Å². The smallest absolute Gasteiger partial charge is 0.410 e. The van der Waals surface area contributed by atoms with Crippen molar-refractivity contribution in [2.24, 2.45) is 5.92 Å². The molecule has 0 spiro atoms. The number of nitrogens with zero attached hydrogens (tertiary/aromatic N) is 1. The third-order valence-corrected chi connectivity index (χ3v) is 4.04. The lowest BCUT2D eigenvalue weighted by molar-refractivity contribution is 0.0165. The van der Waals surface area contributed by atoms with Crippen molar-refractivity contribution in [1.82, 2.24) is 4.90 Å². The molecule has 1 aliphatic rings. The van der Waals surface area contributed by atoms with Gasteiger partial charge in [-0.3, -0.25) is 0 Å². The van der Waals surface area contributed by atoms with Crippen molar-refractivity contribution >= 4 is 22.0 Å². The van der Waals surface area contributed by atoms with E-state index in [9.17, 15) is 4.79 Å². The summed E-state index contributed by atoms with van der Waals surface area (Å²) in [5, 5.41) is 0. The van der Waals surface area contributed by atoms with E-state index in [2.05, 4.69) is 15.9 Å². The Morgan fingerprint density at radius 2 is 2.00 bits per heavy atom. The number of hydrogen-bond donors (Lipinski definition) is 0. The fraction of sp³-hybridized carbons (Fsp3) is 0.588. The molecule has 0 atom stereocenters. The number of piperidine rings is 1. The Morgan fingerprint density at radius 1 is 1.32 bits per heavy atom. The first-order chi connectivity index (χ1) is 10.3. The number of carbonyl (C=O) groups is 1. The molecule has 1 aliphatic heterocycles. The summed E-state index contributed by atoms with van der Waals surface area (Å²) in [5.74, 6) is 1.36. The topological polar surface area (TPSA) is 38.8 Å². The molecule has 1 amide bonds. The lowest BCUT2D eigenvalue weighted by Crippen LogP contribution is -2.42. The Hall–Kier alpha value is -1.23. The van der Waals surface area contributed by atoms with Gasteiger partial charge in [0.2, 0.25) is 0 Å². The molecule has 22 heavy (non-hydrogen) atoms. The van der Waals surface area contributed by atoms with Crippen LogP contribution in [0.3, 0.4) is 0 Å². The molecule has 122 valence electrons. The van der Waals surface area contributed by atoms with E-state index in [4.69, 9.17) is 9.47 Å². The molecule has 0 radical (unpaired) electrons. The van der Waals surface area contributed by atoms with Crippen molar-refractivity contribution in [1.29, 1.82) is 0 Å². The summed E-state index contributed by atoms with van der Waals surface area (Å²) in [5.41, 5.74) is -0.433. The summed E-state index contributed by atoms with van der Waals surface area (Å²) in [6.07, 6.45) is 1.69. The van der Waals surface area contributed by atoms with Crippen molar-refractivity contribution < 1.29 is 14.3 Å². The van der Waals surface area contributed by atoms with E-state index < -0.39 is 5.60 Å². The predicted molar refractivity (Wildman–Crippen MR) is 90.2 cm³/mol. The summed E-state index contributed by atoms with van der Waals surface area (Å²) in [4.78, 5) is 13.8. The fourth-order valence-corrected chi connectivity index (χ4v) is 2.76. The van der Waals surface area contributed by atoms with Gasteiger partial charge in [0.05, 0.1) is 6.61 Å². The van der Waals surface area contributed by atoms with Gasteiger partial charge in [-0.1, -0.05) is 22.0 Å². The maximum Gasteiger partial charge on any atom is 0.410 e. The first-order valence-electron chi connectivity index (χ1n) is 7.70. The molecule has 1 heterocycles. The standard InChI is InChI=1S/C17H24BrNO3/c1-17(2,3)22-16(20)19-9-7-13(8-10-19)12-21-15-6-4-5-14(18)11-15/h4-6,11,13H,7-10,12H2,1-3H3. The molecule has 0 unspecified atom stereocenters. The first-order valence-corrected chi connectivity index (χ1v) is 8.49. The quantitative estimate of drug-likeness (QED) is 0.788. The zero-order chi connectivity index (χ0) is 16.2. The van der Waals surface area contributed by atoms with E-state index in [0.29, 0.717) is 12.5 Å². The second-order valence-electron chi connectivity index (χ2n) is 6.68. The molecule has 0 N–H and O–H groups in total. The summed E-state index contributed by atoms with van der Waals surface area (Å²) in [6.45, 7) is 7.85. The number of rotatable bonds is 3. The summed E-state index contributed by atoms with van der Waals surface area (Å²) in [7, 11) is 0. The monoisotopic (exact) mass is 369 g/mol. The van der Waals surface area contributed by atoms with Crippen LogP contribution in [0.2, 0.25) is 0 Å². The predicted octanol–water partition coefficient (Wildman–Crippen LogP) is 4.48. The number of amides is 1. The molecule has 4 nitrogen and oxygen atoms in total. The van der Waals surface area contributed by atoms with E-state index in [-0.39, 0.29) is 6.09 Å². The molecule has 2 rings (SSSR count). The van der Waals surface area contributed by atoms with Crippen molar-refractivity contribution in [3.63, 3.8) is 0 Å². The Balaban J connectivity index is 1.74. The number of hydrogen-bond acceptors (Lipinski definition) is 3. The first kappa shape index (κ1) is 17.1. The van der Waals surface area contributed by atoms with Gasteiger partial charge in [0.15, 0.2) is 0 Å². The van der Waals surface area contributed by atoms with Crippen LogP contribution in [0.4, 0.5) is 4.79 Å². The van der Waals surface area contributed by atoms with E-state index >= 15 is 0 Å². The third-order valence-electron chi connectivity index (χ3n) is 3.55. The van der Waals surface area contributed by atoms with Crippen molar-refractivity contribution in [2.75, 3.05) is 19.7 Å². The molecule has 0 bridgehead atoms. The van der Waals surface area contributed by atoms with E-state index in [1.807, 2.05) is 45.0 Å². The number of likely N-dealkylation sites (tertiary alicyclic amines) is 1. The van der Waals surface area contributed by atoms with Crippen LogP contribution in [0.1, 0.15) is 33.6 Å². The lowest BCUT2D eigenvalue weighted by Gasteiger charge is -2.33. The van der Waals surface area contributed by atoms with Crippen molar-refractivity contribution in [3.8, 4) is 5.75 Å². The van der Waals surface area contributed by atoms with Gasteiger partial charge in [0.1, 0.15) is 11.4 Å². The molecule has 1 aromatic carbocycles. The molecule has 1 saturated heterocycles. The van der Waals surface area contributed by atoms with Gasteiger partial charge < -0.3 is 14.4 Å². The second-order valence-corrected chi connectivity index (χ2v) is 7.59. The maximum absolute atomic E-state index is 12.0. The highest BCUT2D eigenvalue weighted by atomic mass is 79.9. The average molecular weight is 370 g/mol. The average Bonchev–Trinajstić information content (AvgIpc) is 2.44. The summed E-state index contributed by atoms with van der Waals surface area (Å²) in [6, 6.07) is 7.87. The maximum atomic E-state index is 12.0. The Bertz CT molecular complexity index is 505. The Morgan fingerprint density at radius 3 is 2.59 bits per heavy atom. The van der Waals surface area contributed by atoms with Crippen LogP contribution < -0.4 is 4.74 Å². The highest BCUT2D eigenvalue weighted by Gasteiger charge is 2.27. The van der Waals surface area contributed by atoms with E-state index in [0.717, 1.165) is 36.2 Å². The minimum Gasteiger partial charge on any atom is -0.493 e. The molecule has 1 aromatic rings. The Kier molecular flexibility index (Phi) is 5.73. The SMILES string of the molecule is CC(C)(C)OC(=O)N1CCC(COc2cccc(Br)c2)CC1. The van der Waals surface area contributed by atoms with Crippen LogP contribution in [-0.4, -0.2) is 36.3 Å². The highest BCUT2D eigenvalue weighted by Crippen LogP contribution is 2.22. The summed E-state index contributed by atoms with van der Waals surface area (Å²) >= 11 is 3.44. The number of benzene rings is 1. The van der Waals surface area contributed by atoms with Crippen molar-refractivity contribution in [3.05, 3.63) is 28.7 Å². The fourth-order valence-electron chi connectivity index (χ4n) is 2.38. The molecule has 0 aliphatic carbocycles. The van der Waals surface area contributed by atoms with Gasteiger partial charge in [-0.25, -0.2) is 4.79 Å². The largest absolute Gasteiger partial charge is 0.493 e. The normalized spacial score (nSPS) is 16.5. The van der Waals surface area contributed by atoms with Crippen LogP contribution in [-0.2, 0) is 4.74 Å². The van der Waals surface area contributed by atoms with Crippen LogP contribution in [0, 0.1) is 5.92 Å². The molecule has 5 heteroatoms. The van der Waals surface area contributed by atoms with Gasteiger partial charge in [-0.15, -0.1) is 0 Å². The second kappa shape index (κ2) is 7.36. The van der Waals surface area contributed by atoms with Gasteiger partial charge in [-0.05, 0) is 57.7 Å². The van der Waals surface area contributed by atoms with Gasteiger partial charge in [0.25, 0.3) is 0 Å². The zero-order valence-electron chi connectivity index (χ0n) is 13.5. The number of halogens is 1. The van der Waals surface area contributed by atoms with Crippen LogP contribution >= 0.6 is 15.9 Å². The Labute approximate surface area is 140 Å². The minimum atomic E-state index is -0.433. The lowest BCUT2D eigenvalue weighted by atomic mass is 9.98. The number of ether oxygens (including phenoxy) is 2. The third kappa shape index (κ3) is 5.52. The zero-order valence-corrected chi connectivity index (χ0v) is 15.1. The minimum absolute atomic E-state index is 0.209. The van der Waals surface area contributed by atoms with Gasteiger partial charge >= 0.3 is 6.09 Å². The van der Waals surface area contributed by atoms with Crippen LogP contribution in [0.25, 0.3) is 0 Å². The molecule has 0 aromatic heterocycles.